The highest BCUT2D eigenvalue weighted by Gasteiger charge is 2.14. The van der Waals surface area contributed by atoms with Crippen molar-refractivity contribution >= 4 is 22.7 Å². The quantitative estimate of drug-likeness (QED) is 0.840. The number of ether oxygens (including phenoxy) is 2. The van der Waals surface area contributed by atoms with E-state index in [1.165, 1.54) is 0 Å². The van der Waals surface area contributed by atoms with Gasteiger partial charge in [0.1, 0.15) is 5.82 Å². The molecule has 1 aliphatic rings. The number of hydrogen-bond acceptors (Lipinski definition) is 6. The lowest BCUT2D eigenvalue weighted by atomic mass is 10.2. The van der Waals surface area contributed by atoms with E-state index in [1.54, 1.807) is 20.3 Å². The SMILES string of the molecule is COc1cc2nc(NC3CC=CC3)nc(N)c2cc1OC. The normalized spacial score (nSPS) is 14.6. The van der Waals surface area contributed by atoms with Crippen LogP contribution in [0.1, 0.15) is 12.8 Å². The van der Waals surface area contributed by atoms with Crippen LogP contribution in [0.15, 0.2) is 24.3 Å². The van der Waals surface area contributed by atoms with E-state index in [0.717, 1.165) is 23.7 Å². The molecule has 0 bridgehead atoms. The van der Waals surface area contributed by atoms with Crippen molar-refractivity contribution in [3.63, 3.8) is 0 Å². The number of nitrogens with two attached hydrogens (primary N) is 1. The van der Waals surface area contributed by atoms with Gasteiger partial charge in [-0.1, -0.05) is 12.2 Å². The molecule has 110 valence electrons. The topological polar surface area (TPSA) is 82.3 Å². The van der Waals surface area contributed by atoms with Crippen molar-refractivity contribution in [1.82, 2.24) is 9.97 Å². The number of hydrogen-bond donors (Lipinski definition) is 2. The van der Waals surface area contributed by atoms with Crippen LogP contribution in [0.5, 0.6) is 11.5 Å². The molecule has 0 saturated heterocycles. The van der Waals surface area contributed by atoms with Gasteiger partial charge >= 0.3 is 0 Å². The molecule has 6 heteroatoms. The van der Waals surface area contributed by atoms with E-state index in [1.807, 2.05) is 6.07 Å². The third kappa shape index (κ3) is 2.56. The largest absolute Gasteiger partial charge is 0.493 e. The van der Waals surface area contributed by atoms with Gasteiger partial charge in [-0.2, -0.15) is 4.98 Å². The minimum absolute atomic E-state index is 0.335. The molecule has 0 unspecified atom stereocenters. The Kier molecular flexibility index (Phi) is 3.51. The smallest absolute Gasteiger partial charge is 0.225 e. The van der Waals surface area contributed by atoms with Gasteiger partial charge in [0.25, 0.3) is 0 Å². The molecule has 3 rings (SSSR count). The van der Waals surface area contributed by atoms with Crippen molar-refractivity contribution in [2.75, 3.05) is 25.3 Å². The first-order chi connectivity index (χ1) is 10.2. The maximum absolute atomic E-state index is 6.04. The van der Waals surface area contributed by atoms with Gasteiger partial charge in [-0.15, -0.1) is 0 Å². The molecule has 0 radical (unpaired) electrons. The Balaban J connectivity index is 2.01. The summed E-state index contributed by atoms with van der Waals surface area (Å²) in [7, 11) is 3.18. The highest BCUT2D eigenvalue weighted by molar-refractivity contribution is 5.91. The summed E-state index contributed by atoms with van der Waals surface area (Å²) in [4.78, 5) is 8.85. The van der Waals surface area contributed by atoms with Crippen molar-refractivity contribution in [2.24, 2.45) is 0 Å². The van der Waals surface area contributed by atoms with Crippen molar-refractivity contribution in [3.8, 4) is 11.5 Å². The average Bonchev–Trinajstić information content (AvgIpc) is 2.99. The summed E-state index contributed by atoms with van der Waals surface area (Å²) in [5.41, 5.74) is 6.77. The third-order valence-corrected chi connectivity index (χ3v) is 3.57. The molecule has 1 aliphatic carbocycles. The minimum Gasteiger partial charge on any atom is -0.493 e. The zero-order valence-corrected chi connectivity index (χ0v) is 12.1. The van der Waals surface area contributed by atoms with E-state index < -0.39 is 0 Å². The molecule has 0 atom stereocenters. The first kappa shape index (κ1) is 13.5. The van der Waals surface area contributed by atoms with Crippen LogP contribution in [0.2, 0.25) is 0 Å². The van der Waals surface area contributed by atoms with E-state index in [-0.39, 0.29) is 0 Å². The van der Waals surface area contributed by atoms with Gasteiger partial charge in [0, 0.05) is 17.5 Å². The molecule has 1 aromatic heterocycles. The van der Waals surface area contributed by atoms with Crippen molar-refractivity contribution < 1.29 is 9.47 Å². The summed E-state index contributed by atoms with van der Waals surface area (Å²) in [6.45, 7) is 0. The molecule has 1 aromatic carbocycles. The molecule has 0 fully saturated rings. The fourth-order valence-corrected chi connectivity index (χ4v) is 2.46. The van der Waals surface area contributed by atoms with E-state index >= 15 is 0 Å². The lowest BCUT2D eigenvalue weighted by molar-refractivity contribution is 0.356. The second kappa shape index (κ2) is 5.47. The Morgan fingerprint density at radius 2 is 1.76 bits per heavy atom. The number of aromatic nitrogens is 2. The van der Waals surface area contributed by atoms with Gasteiger partial charge in [-0.25, -0.2) is 4.98 Å². The minimum atomic E-state index is 0.335. The molecule has 0 aliphatic heterocycles. The predicted octanol–water partition coefficient (Wildman–Crippen LogP) is 2.36. The molecule has 21 heavy (non-hydrogen) atoms. The van der Waals surface area contributed by atoms with Crippen LogP contribution in [0.3, 0.4) is 0 Å². The Morgan fingerprint density at radius 1 is 1.10 bits per heavy atom. The molecule has 2 aromatic rings. The molecule has 6 nitrogen and oxygen atoms in total. The summed E-state index contributed by atoms with van der Waals surface area (Å²) in [6, 6.07) is 3.94. The molecule has 3 N–H and O–H groups in total. The van der Waals surface area contributed by atoms with E-state index in [9.17, 15) is 0 Å². The monoisotopic (exact) mass is 286 g/mol. The fraction of sp³-hybridized carbons (Fsp3) is 0.333. The van der Waals surface area contributed by atoms with Crippen LogP contribution in [0, 0.1) is 0 Å². The number of fused-ring (bicyclic) bond motifs is 1. The molecular formula is C15H18N4O2. The molecule has 0 saturated carbocycles. The van der Waals surface area contributed by atoms with Crippen LogP contribution in [0.4, 0.5) is 11.8 Å². The highest BCUT2D eigenvalue weighted by Crippen LogP contribution is 2.33. The summed E-state index contributed by atoms with van der Waals surface area (Å²) in [5, 5.41) is 4.06. The standard InChI is InChI=1S/C15H18N4O2/c1-20-12-7-10-11(8-13(12)21-2)18-15(19-14(10)16)17-9-5-3-4-6-9/h3-4,7-9H,5-6H2,1-2H3,(H3,16,17,18,19). The van der Waals surface area contributed by atoms with Gasteiger partial charge in [-0.3, -0.25) is 0 Å². The molecule has 0 spiro atoms. The van der Waals surface area contributed by atoms with Gasteiger partial charge in [0.05, 0.1) is 19.7 Å². The zero-order chi connectivity index (χ0) is 14.8. The van der Waals surface area contributed by atoms with E-state index in [4.69, 9.17) is 15.2 Å². The Hall–Kier alpha value is -2.50. The summed E-state index contributed by atoms with van der Waals surface area (Å²) in [5.74, 6) is 2.20. The Morgan fingerprint density at radius 3 is 2.43 bits per heavy atom. The fourth-order valence-electron chi connectivity index (χ4n) is 2.46. The second-order valence-electron chi connectivity index (χ2n) is 4.94. The van der Waals surface area contributed by atoms with Crippen LogP contribution < -0.4 is 20.5 Å². The third-order valence-electron chi connectivity index (χ3n) is 3.57. The van der Waals surface area contributed by atoms with Gasteiger partial charge in [0.2, 0.25) is 5.95 Å². The summed E-state index contributed by atoms with van der Waals surface area (Å²) in [6.07, 6.45) is 6.26. The van der Waals surface area contributed by atoms with Gasteiger partial charge < -0.3 is 20.5 Å². The van der Waals surface area contributed by atoms with Gasteiger partial charge in [-0.05, 0) is 18.9 Å². The maximum atomic E-state index is 6.04. The first-order valence-electron chi connectivity index (χ1n) is 6.82. The van der Waals surface area contributed by atoms with Crippen molar-refractivity contribution in [3.05, 3.63) is 24.3 Å². The first-order valence-corrected chi connectivity index (χ1v) is 6.82. The lowest BCUT2D eigenvalue weighted by Crippen LogP contribution is -2.17. The van der Waals surface area contributed by atoms with E-state index in [0.29, 0.717) is 29.3 Å². The van der Waals surface area contributed by atoms with Crippen LogP contribution in [-0.4, -0.2) is 30.2 Å². The Bertz CT molecular complexity index is 692. The van der Waals surface area contributed by atoms with Crippen molar-refractivity contribution in [2.45, 2.75) is 18.9 Å². The van der Waals surface area contributed by atoms with Crippen LogP contribution in [0.25, 0.3) is 10.9 Å². The summed E-state index contributed by atoms with van der Waals surface area (Å²) < 4.78 is 10.6. The van der Waals surface area contributed by atoms with Crippen LogP contribution in [-0.2, 0) is 0 Å². The van der Waals surface area contributed by atoms with Crippen molar-refractivity contribution in [1.29, 1.82) is 0 Å². The lowest BCUT2D eigenvalue weighted by Gasteiger charge is -2.14. The predicted molar refractivity (Wildman–Crippen MR) is 82.8 cm³/mol. The zero-order valence-electron chi connectivity index (χ0n) is 12.1. The number of rotatable bonds is 4. The number of nitrogens with zero attached hydrogens (tertiary/aromatic N) is 2. The second-order valence-corrected chi connectivity index (χ2v) is 4.94. The molecule has 0 amide bonds. The van der Waals surface area contributed by atoms with Crippen LogP contribution >= 0.6 is 0 Å². The van der Waals surface area contributed by atoms with E-state index in [2.05, 4.69) is 27.4 Å². The maximum Gasteiger partial charge on any atom is 0.225 e. The number of anilines is 2. The number of nitrogens with one attached hydrogen (secondary N) is 1. The highest BCUT2D eigenvalue weighted by atomic mass is 16.5. The summed E-state index contributed by atoms with van der Waals surface area (Å²) >= 11 is 0. The average molecular weight is 286 g/mol. The number of benzene rings is 1. The molecular weight excluding hydrogens is 268 g/mol. The Labute approximate surface area is 123 Å². The number of methoxy groups -OCH3 is 2. The molecule has 1 heterocycles. The number of nitrogen functional groups attached to an aromatic ring is 1. The van der Waals surface area contributed by atoms with Gasteiger partial charge in [0.15, 0.2) is 11.5 Å².